The van der Waals surface area contributed by atoms with Crippen LogP contribution in [0.5, 0.6) is 11.5 Å². The fourth-order valence-corrected chi connectivity index (χ4v) is 4.40. The largest absolute Gasteiger partial charge is 0.493 e. The van der Waals surface area contributed by atoms with Crippen LogP contribution in [0.2, 0.25) is 0 Å². The Morgan fingerprint density at radius 2 is 1.82 bits per heavy atom. The van der Waals surface area contributed by atoms with Gasteiger partial charge < -0.3 is 18.9 Å². The van der Waals surface area contributed by atoms with E-state index in [1.807, 2.05) is 48.5 Å². The molecule has 1 amide bonds. The van der Waals surface area contributed by atoms with Crippen LogP contribution in [0.3, 0.4) is 0 Å². The van der Waals surface area contributed by atoms with Crippen LogP contribution in [0.25, 0.3) is 11.0 Å². The summed E-state index contributed by atoms with van der Waals surface area (Å²) in [5.41, 5.74) is 2.44. The molecule has 0 saturated carbocycles. The Balaban J connectivity index is 1.41. The minimum atomic E-state index is -0.357. The van der Waals surface area contributed by atoms with Crippen LogP contribution in [0.1, 0.15) is 18.2 Å². The second-order valence-electron chi connectivity index (χ2n) is 7.99. The van der Waals surface area contributed by atoms with E-state index in [1.165, 1.54) is 12.1 Å². The molecule has 3 aromatic carbocycles. The molecule has 1 aromatic heterocycles. The molecule has 4 aromatic rings. The van der Waals surface area contributed by atoms with E-state index < -0.39 is 0 Å². The number of aromatic nitrogens is 2. The van der Waals surface area contributed by atoms with Gasteiger partial charge >= 0.3 is 0 Å². The van der Waals surface area contributed by atoms with Gasteiger partial charge in [0.2, 0.25) is 5.91 Å². The summed E-state index contributed by atoms with van der Waals surface area (Å²) in [6.07, 6.45) is 0.327. The summed E-state index contributed by atoms with van der Waals surface area (Å²) in [6, 6.07) is 21.6. The van der Waals surface area contributed by atoms with E-state index >= 15 is 0 Å². The van der Waals surface area contributed by atoms with Crippen LogP contribution in [0.15, 0.2) is 72.8 Å². The SMILES string of the molecule is COc1ccccc1OCCn1c(C2CC(=O)N(c3cccc(F)c3)C2)nc2ccccc21. The van der Waals surface area contributed by atoms with E-state index in [1.54, 1.807) is 24.1 Å². The van der Waals surface area contributed by atoms with E-state index in [2.05, 4.69) is 4.57 Å². The van der Waals surface area contributed by atoms with E-state index in [-0.39, 0.29) is 17.6 Å². The van der Waals surface area contributed by atoms with Crippen LogP contribution < -0.4 is 14.4 Å². The number of methoxy groups -OCH3 is 1. The third-order valence-corrected chi connectivity index (χ3v) is 5.94. The summed E-state index contributed by atoms with van der Waals surface area (Å²) in [6.45, 7) is 1.44. The molecule has 0 bridgehead atoms. The first-order valence-corrected chi connectivity index (χ1v) is 10.9. The molecule has 168 valence electrons. The normalized spacial score (nSPS) is 15.9. The number of hydrogen-bond donors (Lipinski definition) is 0. The maximum atomic E-state index is 13.7. The number of anilines is 1. The number of benzene rings is 3. The van der Waals surface area contributed by atoms with Crippen molar-refractivity contribution in [2.45, 2.75) is 18.9 Å². The van der Waals surface area contributed by atoms with Crippen LogP contribution >= 0.6 is 0 Å². The fraction of sp³-hybridized carbons (Fsp3) is 0.231. The zero-order valence-corrected chi connectivity index (χ0v) is 18.3. The molecule has 0 spiro atoms. The first-order valence-electron chi connectivity index (χ1n) is 10.9. The van der Waals surface area contributed by atoms with Crippen molar-refractivity contribution in [3.8, 4) is 11.5 Å². The average Bonchev–Trinajstić information content (AvgIpc) is 3.40. The van der Waals surface area contributed by atoms with Crippen molar-refractivity contribution >= 4 is 22.6 Å². The predicted molar refractivity (Wildman–Crippen MR) is 124 cm³/mol. The highest BCUT2D eigenvalue weighted by molar-refractivity contribution is 5.96. The minimum Gasteiger partial charge on any atom is -0.493 e. The molecule has 1 saturated heterocycles. The molecule has 2 heterocycles. The molecule has 0 radical (unpaired) electrons. The lowest BCUT2D eigenvalue weighted by atomic mass is 10.1. The van der Waals surface area contributed by atoms with E-state index in [0.29, 0.717) is 43.3 Å². The highest BCUT2D eigenvalue weighted by Gasteiger charge is 2.35. The van der Waals surface area contributed by atoms with Crippen LogP contribution in [-0.4, -0.2) is 35.7 Å². The fourth-order valence-electron chi connectivity index (χ4n) is 4.40. The summed E-state index contributed by atoms with van der Waals surface area (Å²) >= 11 is 0. The van der Waals surface area contributed by atoms with Crippen LogP contribution in [-0.2, 0) is 11.3 Å². The number of rotatable bonds is 7. The number of fused-ring (bicyclic) bond motifs is 1. The molecule has 1 atom stereocenters. The monoisotopic (exact) mass is 445 g/mol. The molecule has 1 aliphatic heterocycles. The lowest BCUT2D eigenvalue weighted by Gasteiger charge is -2.18. The van der Waals surface area contributed by atoms with Gasteiger partial charge in [-0.25, -0.2) is 9.37 Å². The number of carbonyl (C=O) groups is 1. The van der Waals surface area contributed by atoms with Crippen LogP contribution in [0.4, 0.5) is 10.1 Å². The van der Waals surface area contributed by atoms with Crippen molar-refractivity contribution in [2.75, 3.05) is 25.2 Å². The van der Waals surface area contributed by atoms with Gasteiger partial charge in [0.15, 0.2) is 11.5 Å². The number of para-hydroxylation sites is 4. The molecule has 5 rings (SSSR count). The van der Waals surface area contributed by atoms with Gasteiger partial charge in [-0.05, 0) is 42.5 Å². The molecule has 7 heteroatoms. The molecule has 1 fully saturated rings. The van der Waals surface area contributed by atoms with Crippen molar-refractivity contribution in [1.82, 2.24) is 9.55 Å². The quantitative estimate of drug-likeness (QED) is 0.411. The maximum absolute atomic E-state index is 13.7. The van der Waals surface area contributed by atoms with Crippen molar-refractivity contribution < 1.29 is 18.7 Å². The Labute approximate surface area is 191 Å². The lowest BCUT2D eigenvalue weighted by molar-refractivity contribution is -0.117. The molecular formula is C26H24FN3O3. The van der Waals surface area contributed by atoms with Crippen molar-refractivity contribution in [2.24, 2.45) is 0 Å². The smallest absolute Gasteiger partial charge is 0.227 e. The third kappa shape index (κ3) is 4.14. The van der Waals surface area contributed by atoms with Gasteiger partial charge in [-0.15, -0.1) is 0 Å². The van der Waals surface area contributed by atoms with Gasteiger partial charge in [0.1, 0.15) is 18.2 Å². The number of imidazole rings is 1. The maximum Gasteiger partial charge on any atom is 0.227 e. The second kappa shape index (κ2) is 8.94. The lowest BCUT2D eigenvalue weighted by Crippen LogP contribution is -2.24. The summed E-state index contributed by atoms with van der Waals surface area (Å²) < 4.78 is 27.2. The van der Waals surface area contributed by atoms with Gasteiger partial charge in [0.05, 0.1) is 24.7 Å². The van der Waals surface area contributed by atoms with Gasteiger partial charge in [0, 0.05) is 24.6 Å². The van der Waals surface area contributed by atoms with E-state index in [0.717, 1.165) is 16.9 Å². The number of ether oxygens (including phenoxy) is 2. The molecular weight excluding hydrogens is 421 g/mol. The minimum absolute atomic E-state index is 0.0329. The molecule has 1 aliphatic rings. The molecule has 0 N–H and O–H groups in total. The van der Waals surface area contributed by atoms with Gasteiger partial charge in [-0.1, -0.05) is 30.3 Å². The highest BCUT2D eigenvalue weighted by Crippen LogP contribution is 2.33. The number of carbonyl (C=O) groups excluding carboxylic acids is 1. The summed E-state index contributed by atoms with van der Waals surface area (Å²) in [5.74, 6) is 1.71. The van der Waals surface area contributed by atoms with Gasteiger partial charge in [0.25, 0.3) is 0 Å². The van der Waals surface area contributed by atoms with Gasteiger partial charge in [-0.2, -0.15) is 0 Å². The Bertz CT molecular complexity index is 1300. The first-order chi connectivity index (χ1) is 16.1. The summed E-state index contributed by atoms with van der Waals surface area (Å²) in [5, 5.41) is 0. The Hall–Kier alpha value is -3.87. The van der Waals surface area contributed by atoms with Gasteiger partial charge in [-0.3, -0.25) is 4.79 Å². The van der Waals surface area contributed by atoms with Crippen LogP contribution in [0, 0.1) is 5.82 Å². The van der Waals surface area contributed by atoms with E-state index in [9.17, 15) is 9.18 Å². The number of hydrogen-bond acceptors (Lipinski definition) is 4. The van der Waals surface area contributed by atoms with Crippen molar-refractivity contribution in [3.63, 3.8) is 0 Å². The zero-order valence-electron chi connectivity index (χ0n) is 18.3. The first kappa shape index (κ1) is 21.0. The molecule has 6 nitrogen and oxygen atoms in total. The Kier molecular flexibility index (Phi) is 5.69. The van der Waals surface area contributed by atoms with Crippen molar-refractivity contribution in [3.05, 3.63) is 84.4 Å². The number of halogens is 1. The second-order valence-corrected chi connectivity index (χ2v) is 7.99. The van der Waals surface area contributed by atoms with Crippen molar-refractivity contribution in [1.29, 1.82) is 0 Å². The zero-order chi connectivity index (χ0) is 22.8. The number of nitrogens with zero attached hydrogens (tertiary/aromatic N) is 3. The summed E-state index contributed by atoms with van der Waals surface area (Å²) in [4.78, 5) is 19.3. The van der Waals surface area contributed by atoms with E-state index in [4.69, 9.17) is 14.5 Å². The highest BCUT2D eigenvalue weighted by atomic mass is 19.1. The Morgan fingerprint density at radius 1 is 1.03 bits per heavy atom. The summed E-state index contributed by atoms with van der Waals surface area (Å²) in [7, 11) is 1.62. The topological polar surface area (TPSA) is 56.6 Å². The molecule has 33 heavy (non-hydrogen) atoms. The Morgan fingerprint density at radius 3 is 2.64 bits per heavy atom. The molecule has 0 aliphatic carbocycles. The molecule has 1 unspecified atom stereocenters. The predicted octanol–water partition coefficient (Wildman–Crippen LogP) is 4.78. The standard InChI is InChI=1S/C26H24FN3O3/c1-32-23-11-4-5-12-24(23)33-14-13-29-22-10-3-2-9-21(22)28-26(29)18-15-25(31)30(17-18)20-8-6-7-19(27)16-20/h2-12,16,18H,13-15,17H2,1H3. The average molecular weight is 445 g/mol. The third-order valence-electron chi connectivity index (χ3n) is 5.94. The number of amides is 1.